The van der Waals surface area contributed by atoms with E-state index in [1.807, 2.05) is 13.8 Å². The first-order chi connectivity index (χ1) is 15.4. The van der Waals surface area contributed by atoms with E-state index in [0.29, 0.717) is 47.5 Å². The molecule has 5 rings (SSSR count). The number of nitrogens with zero attached hydrogens (tertiary/aromatic N) is 4. The highest BCUT2D eigenvalue weighted by Crippen LogP contribution is 2.44. The zero-order valence-electron chi connectivity index (χ0n) is 18.1. The predicted octanol–water partition coefficient (Wildman–Crippen LogP) is 4.63. The maximum Gasteiger partial charge on any atom is 0.410 e. The minimum Gasteiger partial charge on any atom is -0.441 e. The Hall–Kier alpha value is -3.10. The molecule has 1 saturated heterocycles. The number of halogens is 2. The number of hydrogen-bond acceptors (Lipinski definition) is 5. The topological polar surface area (TPSA) is 84.0 Å². The van der Waals surface area contributed by atoms with Crippen molar-refractivity contribution in [2.45, 2.75) is 57.6 Å². The SMILES string of the molecule is CCN1C(=O)O[C@]2(CCC[C@H](Cc3nc(-c4c[nH]c5ncc(F)cc45)ncc3F)C2)[C@H]1C. The van der Waals surface area contributed by atoms with Gasteiger partial charge < -0.3 is 14.6 Å². The van der Waals surface area contributed by atoms with Crippen molar-refractivity contribution in [3.8, 4) is 11.4 Å². The molecule has 3 aromatic heterocycles. The molecule has 4 heterocycles. The van der Waals surface area contributed by atoms with Gasteiger partial charge in [0.2, 0.25) is 0 Å². The number of aromatic nitrogens is 4. The molecule has 9 heteroatoms. The second kappa shape index (κ2) is 7.79. The van der Waals surface area contributed by atoms with E-state index in [2.05, 4.69) is 19.9 Å². The maximum atomic E-state index is 14.7. The van der Waals surface area contributed by atoms with Crippen LogP contribution in [0.4, 0.5) is 13.6 Å². The summed E-state index contributed by atoms with van der Waals surface area (Å²) in [5, 5.41) is 0.547. The number of fused-ring (bicyclic) bond motifs is 1. The molecule has 0 aromatic carbocycles. The molecule has 7 nitrogen and oxygen atoms in total. The Balaban J connectivity index is 1.41. The summed E-state index contributed by atoms with van der Waals surface area (Å²) in [5.41, 5.74) is 0.885. The minimum absolute atomic E-state index is 0.0118. The van der Waals surface area contributed by atoms with Crippen LogP contribution in [0.15, 0.2) is 24.7 Å². The van der Waals surface area contributed by atoms with Gasteiger partial charge in [-0.15, -0.1) is 0 Å². The second-order valence-corrected chi connectivity index (χ2v) is 8.80. The molecule has 1 aliphatic carbocycles. The normalized spacial score (nSPS) is 25.6. The summed E-state index contributed by atoms with van der Waals surface area (Å²) in [6.07, 6.45) is 7.43. The summed E-state index contributed by atoms with van der Waals surface area (Å²) in [5.74, 6) is -0.475. The Labute approximate surface area is 184 Å². The molecular formula is C23H25F2N5O2. The predicted molar refractivity (Wildman–Crippen MR) is 114 cm³/mol. The van der Waals surface area contributed by atoms with Gasteiger partial charge in [0.1, 0.15) is 17.1 Å². The van der Waals surface area contributed by atoms with Crippen molar-refractivity contribution in [2.24, 2.45) is 5.92 Å². The lowest BCUT2D eigenvalue weighted by molar-refractivity contribution is -0.0129. The molecule has 32 heavy (non-hydrogen) atoms. The second-order valence-electron chi connectivity index (χ2n) is 8.80. The van der Waals surface area contributed by atoms with Gasteiger partial charge in [0.25, 0.3) is 0 Å². The van der Waals surface area contributed by atoms with Crippen molar-refractivity contribution in [3.05, 3.63) is 42.0 Å². The molecule has 3 atom stereocenters. The van der Waals surface area contributed by atoms with Gasteiger partial charge in [-0.25, -0.2) is 28.5 Å². The summed E-state index contributed by atoms with van der Waals surface area (Å²) in [7, 11) is 0. The Morgan fingerprint density at radius 2 is 2.16 bits per heavy atom. The smallest absolute Gasteiger partial charge is 0.410 e. The molecule has 0 bridgehead atoms. The van der Waals surface area contributed by atoms with Crippen LogP contribution in [0.5, 0.6) is 0 Å². The number of hydrogen-bond donors (Lipinski definition) is 1. The van der Waals surface area contributed by atoms with Gasteiger partial charge in [-0.3, -0.25) is 0 Å². The third kappa shape index (κ3) is 3.40. The van der Waals surface area contributed by atoms with E-state index in [1.165, 1.54) is 12.3 Å². The van der Waals surface area contributed by atoms with Crippen molar-refractivity contribution < 1.29 is 18.3 Å². The van der Waals surface area contributed by atoms with E-state index >= 15 is 0 Å². The molecule has 2 fully saturated rings. The Bertz CT molecular complexity index is 1180. The molecule has 1 saturated carbocycles. The summed E-state index contributed by atoms with van der Waals surface area (Å²) < 4.78 is 34.2. The van der Waals surface area contributed by atoms with Gasteiger partial charge in [0.05, 0.1) is 24.1 Å². The molecular weight excluding hydrogens is 416 g/mol. The van der Waals surface area contributed by atoms with Crippen LogP contribution in [0.3, 0.4) is 0 Å². The average molecular weight is 441 g/mol. The van der Waals surface area contributed by atoms with Crippen LogP contribution in [0.1, 0.15) is 45.2 Å². The lowest BCUT2D eigenvalue weighted by atomic mass is 9.73. The number of carbonyl (C=O) groups is 1. The van der Waals surface area contributed by atoms with Gasteiger partial charge in [0, 0.05) is 23.7 Å². The fourth-order valence-electron chi connectivity index (χ4n) is 5.30. The first-order valence-electron chi connectivity index (χ1n) is 11.0. The Morgan fingerprint density at radius 1 is 1.31 bits per heavy atom. The van der Waals surface area contributed by atoms with E-state index in [1.54, 1.807) is 11.1 Å². The first-order valence-corrected chi connectivity index (χ1v) is 11.0. The number of pyridine rings is 1. The zero-order chi connectivity index (χ0) is 22.5. The van der Waals surface area contributed by atoms with Crippen molar-refractivity contribution in [1.82, 2.24) is 24.8 Å². The van der Waals surface area contributed by atoms with Crippen LogP contribution < -0.4 is 0 Å². The van der Waals surface area contributed by atoms with E-state index in [0.717, 1.165) is 25.5 Å². The fourth-order valence-corrected chi connectivity index (χ4v) is 5.30. The van der Waals surface area contributed by atoms with Gasteiger partial charge >= 0.3 is 6.09 Å². The highest BCUT2D eigenvalue weighted by molar-refractivity contribution is 5.91. The third-order valence-corrected chi connectivity index (χ3v) is 6.98. The van der Waals surface area contributed by atoms with Crippen molar-refractivity contribution in [3.63, 3.8) is 0 Å². The quantitative estimate of drug-likeness (QED) is 0.638. The first kappa shape index (κ1) is 20.8. The van der Waals surface area contributed by atoms with E-state index in [-0.39, 0.29) is 18.1 Å². The minimum atomic E-state index is -0.525. The Kier molecular flexibility index (Phi) is 5.06. The van der Waals surface area contributed by atoms with Crippen LogP contribution in [-0.4, -0.2) is 49.1 Å². The summed E-state index contributed by atoms with van der Waals surface area (Å²) in [6.45, 7) is 4.59. The van der Waals surface area contributed by atoms with Gasteiger partial charge in [-0.05, 0) is 57.9 Å². The van der Waals surface area contributed by atoms with E-state index in [4.69, 9.17) is 4.74 Å². The molecule has 0 radical (unpaired) electrons. The summed E-state index contributed by atoms with van der Waals surface area (Å²) in [6, 6.07) is 1.35. The van der Waals surface area contributed by atoms with Crippen LogP contribution in [0.25, 0.3) is 22.4 Å². The van der Waals surface area contributed by atoms with Crippen LogP contribution in [0, 0.1) is 17.6 Å². The molecule has 1 N–H and O–H groups in total. The highest BCUT2D eigenvalue weighted by atomic mass is 19.1. The van der Waals surface area contributed by atoms with Gasteiger partial charge in [0.15, 0.2) is 11.6 Å². The lowest BCUT2D eigenvalue weighted by Crippen LogP contribution is -2.47. The van der Waals surface area contributed by atoms with Crippen LogP contribution in [0.2, 0.25) is 0 Å². The number of likely N-dealkylation sites (N-methyl/N-ethyl adjacent to an activating group) is 1. The Morgan fingerprint density at radius 3 is 2.94 bits per heavy atom. The van der Waals surface area contributed by atoms with Crippen LogP contribution in [-0.2, 0) is 11.2 Å². The fraction of sp³-hybridized carbons (Fsp3) is 0.478. The van der Waals surface area contributed by atoms with Gasteiger partial charge in [-0.2, -0.15) is 0 Å². The number of rotatable bonds is 4. The monoisotopic (exact) mass is 441 g/mol. The van der Waals surface area contributed by atoms with Crippen LogP contribution >= 0.6 is 0 Å². The molecule has 0 unspecified atom stereocenters. The van der Waals surface area contributed by atoms with Crippen molar-refractivity contribution in [2.75, 3.05) is 6.54 Å². The number of H-pyrrole nitrogens is 1. The number of aromatic amines is 1. The molecule has 2 aliphatic rings. The zero-order valence-corrected chi connectivity index (χ0v) is 18.1. The lowest BCUT2D eigenvalue weighted by Gasteiger charge is -2.39. The summed E-state index contributed by atoms with van der Waals surface area (Å²) in [4.78, 5) is 29.7. The average Bonchev–Trinajstić information content (AvgIpc) is 3.28. The third-order valence-electron chi connectivity index (χ3n) is 6.98. The largest absolute Gasteiger partial charge is 0.441 e. The molecule has 1 amide bonds. The van der Waals surface area contributed by atoms with Crippen molar-refractivity contribution in [1.29, 1.82) is 0 Å². The number of ether oxygens (including phenoxy) is 1. The van der Waals surface area contributed by atoms with Crippen molar-refractivity contribution >= 4 is 17.1 Å². The maximum absolute atomic E-state index is 14.7. The number of nitrogens with one attached hydrogen (secondary N) is 1. The summed E-state index contributed by atoms with van der Waals surface area (Å²) >= 11 is 0. The van der Waals surface area contributed by atoms with E-state index < -0.39 is 17.2 Å². The standard InChI is InChI=1S/C23H25F2N5O2/c1-3-30-13(2)23(32-22(30)31)6-4-5-14(9-23)7-19-18(25)12-28-21(29-19)17-11-27-20-16(17)8-15(24)10-26-20/h8,10-14H,3-7,9H2,1-2H3,(H,26,27)/t13-,14-,23+/m1/s1. The number of carbonyl (C=O) groups excluding carboxylic acids is 1. The van der Waals surface area contributed by atoms with Gasteiger partial charge in [-0.1, -0.05) is 0 Å². The number of amides is 1. The van der Waals surface area contributed by atoms with E-state index in [9.17, 15) is 13.6 Å². The molecule has 3 aromatic rings. The molecule has 1 aliphatic heterocycles. The highest BCUT2D eigenvalue weighted by Gasteiger charge is 2.53. The molecule has 1 spiro atoms. The molecule has 168 valence electrons.